The molecule has 142 valence electrons. The van der Waals surface area contributed by atoms with Gasteiger partial charge in [-0.25, -0.2) is 0 Å². The lowest BCUT2D eigenvalue weighted by molar-refractivity contribution is -0.122. The van der Waals surface area contributed by atoms with Crippen molar-refractivity contribution in [2.45, 2.75) is 33.1 Å². The Morgan fingerprint density at radius 2 is 1.67 bits per heavy atom. The molecule has 2 aliphatic heterocycles. The summed E-state index contributed by atoms with van der Waals surface area (Å²) in [4.78, 5) is 41.5. The van der Waals surface area contributed by atoms with E-state index in [1.54, 1.807) is 24.3 Å². The number of imide groups is 1. The third kappa shape index (κ3) is 3.09. The fourth-order valence-electron chi connectivity index (χ4n) is 4.55. The van der Waals surface area contributed by atoms with Gasteiger partial charge in [0.05, 0.1) is 17.5 Å². The van der Waals surface area contributed by atoms with Gasteiger partial charge in [0, 0.05) is 18.7 Å². The van der Waals surface area contributed by atoms with Crippen molar-refractivity contribution in [1.82, 2.24) is 4.90 Å². The minimum Gasteiger partial charge on any atom is -0.339 e. The number of amides is 3. The van der Waals surface area contributed by atoms with Gasteiger partial charge in [-0.15, -0.1) is 0 Å². The molecule has 0 saturated carbocycles. The van der Waals surface area contributed by atoms with Crippen LogP contribution in [0.15, 0.2) is 36.4 Å². The summed E-state index contributed by atoms with van der Waals surface area (Å²) in [7, 11) is 0. The average molecular weight is 366 g/mol. The van der Waals surface area contributed by atoms with E-state index < -0.39 is 0 Å². The first-order chi connectivity index (χ1) is 13.0. The van der Waals surface area contributed by atoms with Crippen LogP contribution in [0.3, 0.4) is 0 Å². The predicted molar refractivity (Wildman–Crippen MR) is 103 cm³/mol. The highest BCUT2D eigenvalue weighted by atomic mass is 16.2. The van der Waals surface area contributed by atoms with Crippen molar-refractivity contribution in [2.75, 3.05) is 18.0 Å². The van der Waals surface area contributed by atoms with Gasteiger partial charge in [0.1, 0.15) is 0 Å². The predicted octanol–water partition coefficient (Wildman–Crippen LogP) is 3.26. The van der Waals surface area contributed by atoms with E-state index in [4.69, 9.17) is 0 Å². The van der Waals surface area contributed by atoms with E-state index in [0.717, 1.165) is 25.9 Å². The van der Waals surface area contributed by atoms with Gasteiger partial charge in [0.15, 0.2) is 0 Å². The number of hydrogen-bond acceptors (Lipinski definition) is 3. The molecule has 0 aromatic heterocycles. The molecule has 0 unspecified atom stereocenters. The maximum Gasteiger partial charge on any atom is 0.253 e. The molecule has 27 heavy (non-hydrogen) atoms. The Morgan fingerprint density at radius 3 is 2.30 bits per heavy atom. The fraction of sp³-hybridized carbons (Fsp3) is 0.500. The Kier molecular flexibility index (Phi) is 4.62. The highest BCUT2D eigenvalue weighted by Gasteiger charge is 2.50. The number of allylic oxidation sites excluding steroid dienone is 2. The number of rotatable bonds is 2. The highest BCUT2D eigenvalue weighted by Crippen LogP contribution is 2.40. The maximum absolute atomic E-state index is 12.9. The summed E-state index contributed by atoms with van der Waals surface area (Å²) in [6.07, 6.45) is 6.73. The van der Waals surface area contributed by atoms with Crippen LogP contribution in [-0.4, -0.2) is 35.7 Å². The molecule has 1 aliphatic carbocycles. The number of piperidine rings is 1. The summed E-state index contributed by atoms with van der Waals surface area (Å²) in [5.41, 5.74) is 1.18. The van der Waals surface area contributed by atoms with E-state index in [1.807, 2.05) is 24.0 Å². The second kappa shape index (κ2) is 6.95. The molecule has 2 fully saturated rings. The van der Waals surface area contributed by atoms with Gasteiger partial charge in [-0.1, -0.05) is 26.0 Å². The van der Waals surface area contributed by atoms with Crippen LogP contribution in [0.2, 0.25) is 0 Å². The van der Waals surface area contributed by atoms with Crippen molar-refractivity contribution in [3.8, 4) is 0 Å². The second-order valence-corrected chi connectivity index (χ2v) is 8.19. The maximum atomic E-state index is 12.9. The molecule has 5 heteroatoms. The van der Waals surface area contributed by atoms with Crippen LogP contribution in [0.5, 0.6) is 0 Å². The van der Waals surface area contributed by atoms with Crippen LogP contribution >= 0.6 is 0 Å². The number of nitrogens with zero attached hydrogens (tertiary/aromatic N) is 2. The molecule has 1 aromatic carbocycles. The molecule has 3 aliphatic rings. The Bertz CT molecular complexity index is 790. The van der Waals surface area contributed by atoms with Gasteiger partial charge in [-0.05, 0) is 55.4 Å². The van der Waals surface area contributed by atoms with Crippen LogP contribution in [-0.2, 0) is 9.59 Å². The molecule has 4 rings (SSSR count). The first-order valence-electron chi connectivity index (χ1n) is 9.91. The number of fused-ring (bicyclic) bond motifs is 1. The highest BCUT2D eigenvalue weighted by molar-refractivity contribution is 6.22. The molecular formula is C22H26N2O3. The molecule has 5 nitrogen and oxygen atoms in total. The molecule has 0 bridgehead atoms. The summed E-state index contributed by atoms with van der Waals surface area (Å²) < 4.78 is 0. The van der Waals surface area contributed by atoms with Gasteiger partial charge < -0.3 is 4.90 Å². The molecule has 0 N–H and O–H groups in total. The van der Waals surface area contributed by atoms with Gasteiger partial charge >= 0.3 is 0 Å². The van der Waals surface area contributed by atoms with Crippen molar-refractivity contribution in [1.29, 1.82) is 0 Å². The second-order valence-electron chi connectivity index (χ2n) is 8.19. The fourth-order valence-corrected chi connectivity index (χ4v) is 4.55. The van der Waals surface area contributed by atoms with E-state index >= 15 is 0 Å². The summed E-state index contributed by atoms with van der Waals surface area (Å²) in [6.45, 7) is 5.79. The van der Waals surface area contributed by atoms with E-state index in [0.29, 0.717) is 23.6 Å². The number of likely N-dealkylation sites (tertiary alicyclic amines) is 1. The summed E-state index contributed by atoms with van der Waals surface area (Å²) >= 11 is 0. The van der Waals surface area contributed by atoms with E-state index in [9.17, 15) is 14.4 Å². The zero-order valence-corrected chi connectivity index (χ0v) is 15.9. The molecule has 3 amide bonds. The number of benzene rings is 1. The lowest BCUT2D eigenvalue weighted by atomic mass is 9.78. The molecule has 0 spiro atoms. The first-order valence-corrected chi connectivity index (χ1v) is 9.91. The number of anilines is 1. The standard InChI is InChI=1S/C22H26N2O3/c1-14-10-12-23(13-11-14)20(25)16-6-8-17(9-7-16)24-21(26)18-5-3-4-15(2)19(18)22(24)27/h3-4,6-9,14-15,18-19H,5,10-13H2,1-2H3/t15-,18+,19+/m1/s1. The molecule has 1 aromatic rings. The van der Waals surface area contributed by atoms with Crippen molar-refractivity contribution in [2.24, 2.45) is 23.7 Å². The molecule has 2 heterocycles. The van der Waals surface area contributed by atoms with Crippen LogP contribution in [0, 0.1) is 23.7 Å². The summed E-state index contributed by atoms with van der Waals surface area (Å²) in [5, 5.41) is 0. The zero-order valence-electron chi connectivity index (χ0n) is 15.9. The van der Waals surface area contributed by atoms with Crippen LogP contribution in [0.25, 0.3) is 0 Å². The third-order valence-corrected chi connectivity index (χ3v) is 6.32. The summed E-state index contributed by atoms with van der Waals surface area (Å²) in [6, 6.07) is 6.93. The summed E-state index contributed by atoms with van der Waals surface area (Å²) in [5.74, 6) is 0.0140. The third-order valence-electron chi connectivity index (χ3n) is 6.32. The van der Waals surface area contributed by atoms with Gasteiger partial charge in [-0.2, -0.15) is 0 Å². The number of carbonyl (C=O) groups is 3. The lowest BCUT2D eigenvalue weighted by Gasteiger charge is -2.30. The topological polar surface area (TPSA) is 57.7 Å². The van der Waals surface area contributed by atoms with Gasteiger partial charge in [-0.3, -0.25) is 19.3 Å². The quantitative estimate of drug-likeness (QED) is 0.596. The van der Waals surface area contributed by atoms with Gasteiger partial charge in [0.2, 0.25) is 11.8 Å². The molecule has 3 atom stereocenters. The first kappa shape index (κ1) is 18.0. The lowest BCUT2D eigenvalue weighted by Crippen LogP contribution is -2.38. The Balaban J connectivity index is 1.52. The minimum absolute atomic E-state index is 0.0269. The largest absolute Gasteiger partial charge is 0.339 e. The van der Waals surface area contributed by atoms with Crippen molar-refractivity contribution in [3.63, 3.8) is 0 Å². The van der Waals surface area contributed by atoms with Crippen molar-refractivity contribution >= 4 is 23.4 Å². The Hall–Kier alpha value is -2.43. The van der Waals surface area contributed by atoms with Crippen LogP contribution < -0.4 is 4.90 Å². The molecular weight excluding hydrogens is 340 g/mol. The zero-order chi connectivity index (χ0) is 19.1. The van der Waals surface area contributed by atoms with Gasteiger partial charge in [0.25, 0.3) is 5.91 Å². The number of hydrogen-bond donors (Lipinski definition) is 0. The smallest absolute Gasteiger partial charge is 0.253 e. The average Bonchev–Trinajstić information content (AvgIpc) is 2.94. The van der Waals surface area contributed by atoms with Crippen molar-refractivity contribution < 1.29 is 14.4 Å². The minimum atomic E-state index is -0.265. The monoisotopic (exact) mass is 366 g/mol. The Labute approximate surface area is 160 Å². The Morgan fingerprint density at radius 1 is 1.00 bits per heavy atom. The van der Waals surface area contributed by atoms with Crippen LogP contribution in [0.4, 0.5) is 5.69 Å². The normalized spacial score (nSPS) is 28.6. The van der Waals surface area contributed by atoms with Crippen molar-refractivity contribution in [3.05, 3.63) is 42.0 Å². The SMILES string of the molecule is CC1CCN(C(=O)c2ccc(N3C(=O)[C@H]4[C@H](C)C=CC[C@@H]4C3=O)cc2)CC1. The molecule has 2 saturated heterocycles. The van der Waals surface area contributed by atoms with E-state index in [2.05, 4.69) is 6.92 Å². The number of carbonyl (C=O) groups excluding carboxylic acids is 3. The molecule has 0 radical (unpaired) electrons. The van der Waals surface area contributed by atoms with E-state index in [1.165, 1.54) is 4.90 Å². The van der Waals surface area contributed by atoms with Crippen LogP contribution in [0.1, 0.15) is 43.5 Å². The van der Waals surface area contributed by atoms with E-state index in [-0.39, 0.29) is 35.5 Å².